The molecular weight excluding hydrogens is 258 g/mol. The zero-order valence-corrected chi connectivity index (χ0v) is 12.3. The van der Waals surface area contributed by atoms with Crippen LogP contribution in [0.25, 0.3) is 0 Å². The zero-order chi connectivity index (χ0) is 15.5. The Morgan fingerprint density at radius 2 is 2.10 bits per heavy atom. The van der Waals surface area contributed by atoms with E-state index in [2.05, 4.69) is 11.9 Å². The SMILES string of the molecule is CCC(N)c1nccn1C.NCCCC[C@H](N)C(=O)O. The van der Waals surface area contributed by atoms with Gasteiger partial charge in [0.1, 0.15) is 11.9 Å². The van der Waals surface area contributed by atoms with Gasteiger partial charge in [0.2, 0.25) is 0 Å². The molecule has 0 aliphatic heterocycles. The summed E-state index contributed by atoms with van der Waals surface area (Å²) in [4.78, 5) is 14.3. The largest absolute Gasteiger partial charge is 0.480 e. The number of carboxylic acid groups (broad SMARTS) is 1. The van der Waals surface area contributed by atoms with Crippen molar-refractivity contribution < 1.29 is 9.90 Å². The van der Waals surface area contributed by atoms with E-state index in [-0.39, 0.29) is 6.04 Å². The summed E-state index contributed by atoms with van der Waals surface area (Å²) in [6.07, 6.45) is 6.78. The molecule has 0 saturated heterocycles. The van der Waals surface area contributed by atoms with Crippen molar-refractivity contribution in [2.75, 3.05) is 6.54 Å². The Kier molecular flexibility index (Phi) is 9.61. The van der Waals surface area contributed by atoms with Crippen molar-refractivity contribution in [1.29, 1.82) is 0 Å². The second-order valence-corrected chi connectivity index (χ2v) is 4.64. The monoisotopic (exact) mass is 285 g/mol. The number of hydrogen-bond donors (Lipinski definition) is 4. The van der Waals surface area contributed by atoms with Crippen molar-refractivity contribution in [3.8, 4) is 0 Å². The summed E-state index contributed by atoms with van der Waals surface area (Å²) in [6, 6.07) is -0.633. The van der Waals surface area contributed by atoms with Gasteiger partial charge in [-0.2, -0.15) is 0 Å². The van der Waals surface area contributed by atoms with Crippen molar-refractivity contribution in [1.82, 2.24) is 9.55 Å². The Morgan fingerprint density at radius 3 is 2.50 bits per heavy atom. The van der Waals surface area contributed by atoms with Gasteiger partial charge in [0.05, 0.1) is 6.04 Å². The Morgan fingerprint density at radius 1 is 1.45 bits per heavy atom. The maximum Gasteiger partial charge on any atom is 0.320 e. The third-order valence-electron chi connectivity index (χ3n) is 2.92. The fourth-order valence-electron chi connectivity index (χ4n) is 1.55. The molecule has 2 atom stereocenters. The first-order valence-corrected chi connectivity index (χ1v) is 6.85. The van der Waals surface area contributed by atoms with Crippen molar-refractivity contribution in [3.05, 3.63) is 18.2 Å². The van der Waals surface area contributed by atoms with Gasteiger partial charge < -0.3 is 26.9 Å². The first kappa shape index (κ1) is 18.6. The maximum absolute atomic E-state index is 10.1. The van der Waals surface area contributed by atoms with Gasteiger partial charge in [-0.05, 0) is 25.8 Å². The molecule has 1 aromatic heterocycles. The molecule has 0 amide bonds. The van der Waals surface area contributed by atoms with E-state index in [1.807, 2.05) is 17.8 Å². The molecule has 0 bridgehead atoms. The Labute approximate surface area is 120 Å². The number of rotatable bonds is 7. The molecule has 1 rings (SSSR count). The topological polar surface area (TPSA) is 133 Å². The first-order valence-electron chi connectivity index (χ1n) is 6.85. The van der Waals surface area contributed by atoms with Crippen molar-refractivity contribution in [2.45, 2.75) is 44.7 Å². The van der Waals surface area contributed by atoms with Gasteiger partial charge in [-0.25, -0.2) is 4.98 Å². The highest BCUT2D eigenvalue weighted by Gasteiger charge is 2.09. The molecule has 0 fully saturated rings. The Hall–Kier alpha value is -1.44. The van der Waals surface area contributed by atoms with Crippen LogP contribution in [0.5, 0.6) is 0 Å². The molecule has 20 heavy (non-hydrogen) atoms. The predicted molar refractivity (Wildman–Crippen MR) is 78.9 cm³/mol. The smallest absolute Gasteiger partial charge is 0.320 e. The normalized spacial score (nSPS) is 13.2. The lowest BCUT2D eigenvalue weighted by molar-refractivity contribution is -0.138. The molecule has 1 heterocycles. The molecule has 7 N–H and O–H groups in total. The molecule has 0 aromatic carbocycles. The van der Waals surface area contributed by atoms with E-state index in [1.54, 1.807) is 6.20 Å². The molecule has 1 aromatic rings. The van der Waals surface area contributed by atoms with Crippen LogP contribution in [0, 0.1) is 0 Å². The molecule has 0 aliphatic carbocycles. The molecule has 7 nitrogen and oxygen atoms in total. The van der Waals surface area contributed by atoms with Gasteiger partial charge in [-0.15, -0.1) is 0 Å². The van der Waals surface area contributed by atoms with Crippen LogP contribution in [-0.2, 0) is 11.8 Å². The lowest BCUT2D eigenvalue weighted by Crippen LogP contribution is -2.29. The van der Waals surface area contributed by atoms with Crippen molar-refractivity contribution in [3.63, 3.8) is 0 Å². The molecule has 0 spiro atoms. The number of unbranched alkanes of at least 4 members (excludes halogenated alkanes) is 1. The third-order valence-corrected chi connectivity index (χ3v) is 2.92. The average Bonchev–Trinajstić information content (AvgIpc) is 2.85. The van der Waals surface area contributed by atoms with Crippen LogP contribution in [0.2, 0.25) is 0 Å². The van der Waals surface area contributed by atoms with Crippen LogP contribution in [0.4, 0.5) is 0 Å². The minimum Gasteiger partial charge on any atom is -0.480 e. The van der Waals surface area contributed by atoms with Gasteiger partial charge in [0, 0.05) is 19.4 Å². The van der Waals surface area contributed by atoms with Gasteiger partial charge in [-0.1, -0.05) is 13.3 Å². The quantitative estimate of drug-likeness (QED) is 0.534. The molecule has 0 radical (unpaired) electrons. The van der Waals surface area contributed by atoms with Gasteiger partial charge in [0.25, 0.3) is 0 Å². The van der Waals surface area contributed by atoms with E-state index in [1.165, 1.54) is 0 Å². The number of aromatic nitrogens is 2. The maximum atomic E-state index is 10.1. The number of nitrogens with two attached hydrogens (primary N) is 3. The van der Waals surface area contributed by atoms with Crippen LogP contribution < -0.4 is 17.2 Å². The fourth-order valence-corrected chi connectivity index (χ4v) is 1.55. The van der Waals surface area contributed by atoms with E-state index < -0.39 is 12.0 Å². The lowest BCUT2D eigenvalue weighted by atomic mass is 10.1. The minimum absolute atomic E-state index is 0.0833. The van der Waals surface area contributed by atoms with Crippen LogP contribution in [0.1, 0.15) is 44.5 Å². The summed E-state index contributed by atoms with van der Waals surface area (Å²) in [6.45, 7) is 2.66. The summed E-state index contributed by atoms with van der Waals surface area (Å²) < 4.78 is 1.95. The highest BCUT2D eigenvalue weighted by Crippen LogP contribution is 2.08. The number of aryl methyl sites for hydroxylation is 1. The lowest BCUT2D eigenvalue weighted by Gasteiger charge is -2.07. The van der Waals surface area contributed by atoms with E-state index in [0.29, 0.717) is 13.0 Å². The summed E-state index contributed by atoms with van der Waals surface area (Å²) in [5, 5.41) is 8.33. The molecule has 7 heteroatoms. The summed E-state index contributed by atoms with van der Waals surface area (Å²) in [5.41, 5.74) is 16.2. The summed E-state index contributed by atoms with van der Waals surface area (Å²) in [7, 11) is 1.96. The molecule has 116 valence electrons. The second kappa shape index (κ2) is 10.4. The van der Waals surface area contributed by atoms with E-state index >= 15 is 0 Å². The number of aliphatic carboxylic acids is 1. The number of carbonyl (C=O) groups is 1. The van der Waals surface area contributed by atoms with Crippen LogP contribution >= 0.6 is 0 Å². The standard InChI is InChI=1S/C7H13N3.C6H14N2O2/c1-3-6(8)7-9-4-5-10(7)2;7-4-2-1-3-5(8)6(9)10/h4-6H,3,8H2,1-2H3;5H,1-4,7-8H2,(H,9,10)/t;5-/m.0/s1. The number of carboxylic acids is 1. The molecule has 0 saturated carbocycles. The average molecular weight is 285 g/mol. The van der Waals surface area contributed by atoms with Crippen LogP contribution in [0.3, 0.4) is 0 Å². The van der Waals surface area contributed by atoms with Crippen molar-refractivity contribution >= 4 is 5.97 Å². The van der Waals surface area contributed by atoms with E-state index in [4.69, 9.17) is 22.3 Å². The van der Waals surface area contributed by atoms with Crippen LogP contribution in [0.15, 0.2) is 12.4 Å². The summed E-state index contributed by atoms with van der Waals surface area (Å²) in [5.74, 6) is 0.0273. The third kappa shape index (κ3) is 7.22. The first-order chi connectivity index (χ1) is 9.43. The van der Waals surface area contributed by atoms with Crippen molar-refractivity contribution in [2.24, 2.45) is 24.2 Å². The molecule has 0 aliphatic rings. The van der Waals surface area contributed by atoms with Gasteiger partial charge in [0.15, 0.2) is 0 Å². The van der Waals surface area contributed by atoms with E-state index in [9.17, 15) is 4.79 Å². The highest BCUT2D eigenvalue weighted by molar-refractivity contribution is 5.72. The van der Waals surface area contributed by atoms with Gasteiger partial charge >= 0.3 is 5.97 Å². The number of imidazole rings is 1. The van der Waals surface area contributed by atoms with Gasteiger partial charge in [-0.3, -0.25) is 4.79 Å². The minimum atomic E-state index is -0.933. The fraction of sp³-hybridized carbons (Fsp3) is 0.692. The van der Waals surface area contributed by atoms with E-state index in [0.717, 1.165) is 25.1 Å². The highest BCUT2D eigenvalue weighted by atomic mass is 16.4. The summed E-state index contributed by atoms with van der Waals surface area (Å²) >= 11 is 0. The predicted octanol–water partition coefficient (Wildman–Crippen LogP) is 0.357. The second-order valence-electron chi connectivity index (χ2n) is 4.64. The number of nitrogens with zero attached hydrogens (tertiary/aromatic N) is 2. The Bertz CT molecular complexity index is 381. The van der Waals surface area contributed by atoms with Crippen LogP contribution in [-0.4, -0.2) is 33.2 Å². The zero-order valence-electron chi connectivity index (χ0n) is 12.3. The molecule has 1 unspecified atom stereocenters. The molecular formula is C13H27N5O2. The number of hydrogen-bond acceptors (Lipinski definition) is 5. The Balaban J connectivity index is 0.000000361.